The Kier molecular flexibility index (Phi) is 16.8. The van der Waals surface area contributed by atoms with Gasteiger partial charge in [0.15, 0.2) is 0 Å². The minimum Gasteiger partial charge on any atom is -0.391 e. The third kappa shape index (κ3) is 18.0. The average molecular weight is 203 g/mol. The number of rotatable bonds is 4. The zero-order valence-electron chi connectivity index (χ0n) is 7.02. The second kappa shape index (κ2) is 13.1. The van der Waals surface area contributed by atoms with E-state index in [-0.39, 0.29) is 11.8 Å². The molecule has 0 unspecified atom stereocenters. The van der Waals surface area contributed by atoms with Crippen molar-refractivity contribution in [2.75, 3.05) is 25.0 Å². The Bertz CT molecular complexity index is 56.4. The molecule has 0 saturated heterocycles. The highest BCUT2D eigenvalue weighted by molar-refractivity contribution is 6.21. The van der Waals surface area contributed by atoms with Crippen molar-refractivity contribution in [1.29, 1.82) is 0 Å². The first-order valence-corrected chi connectivity index (χ1v) is 4.67. The Morgan fingerprint density at radius 2 is 1.55 bits per heavy atom. The largest absolute Gasteiger partial charge is 0.391 e. The molecule has 0 aliphatic carbocycles. The van der Waals surface area contributed by atoms with E-state index < -0.39 is 6.10 Å². The topological polar surface area (TPSA) is 29.5 Å². The summed E-state index contributed by atoms with van der Waals surface area (Å²) in [4.78, 5) is 0. The van der Waals surface area contributed by atoms with Crippen molar-refractivity contribution in [3.63, 3.8) is 0 Å². The van der Waals surface area contributed by atoms with Crippen molar-refractivity contribution in [2.45, 2.75) is 20.0 Å². The van der Waals surface area contributed by atoms with Crippen molar-refractivity contribution in [3.8, 4) is 0 Å². The van der Waals surface area contributed by atoms with E-state index in [0.717, 1.165) is 13.2 Å². The van der Waals surface area contributed by atoms with Crippen LogP contribution in [-0.4, -0.2) is 36.2 Å². The van der Waals surface area contributed by atoms with Gasteiger partial charge in [-0.3, -0.25) is 0 Å². The molecule has 0 rings (SSSR count). The molecule has 0 amide bonds. The highest BCUT2D eigenvalue weighted by Crippen LogP contribution is 1.88. The van der Waals surface area contributed by atoms with Crippen molar-refractivity contribution >= 4 is 23.2 Å². The summed E-state index contributed by atoms with van der Waals surface area (Å²) in [6, 6.07) is 0. The van der Waals surface area contributed by atoms with Gasteiger partial charge in [-0.1, -0.05) is 0 Å². The standard InChI is InChI=1S/C4H10O.C3H6Cl2O/c1-3-5-4-2;4-1-3(6)2-5/h3-4H2,1-2H3;3,6H,1-2H2. The molecule has 0 atom stereocenters. The smallest absolute Gasteiger partial charge is 0.0810 e. The molecule has 0 spiro atoms. The first kappa shape index (κ1) is 14.0. The van der Waals surface area contributed by atoms with Crippen molar-refractivity contribution in [2.24, 2.45) is 0 Å². The molecule has 4 heteroatoms. The molecule has 0 aromatic rings. The fourth-order valence-corrected chi connectivity index (χ4v) is 0.575. The molecule has 11 heavy (non-hydrogen) atoms. The number of ether oxygens (including phenoxy) is 1. The van der Waals surface area contributed by atoms with E-state index >= 15 is 0 Å². The van der Waals surface area contributed by atoms with Gasteiger partial charge >= 0.3 is 0 Å². The van der Waals surface area contributed by atoms with Crippen LogP contribution in [0.4, 0.5) is 0 Å². The summed E-state index contributed by atoms with van der Waals surface area (Å²) in [5.74, 6) is 0.451. The summed E-state index contributed by atoms with van der Waals surface area (Å²) in [5, 5.41) is 8.40. The molecule has 0 aliphatic heterocycles. The molecule has 0 radical (unpaired) electrons. The van der Waals surface area contributed by atoms with Gasteiger partial charge in [0.25, 0.3) is 0 Å². The predicted octanol–water partition coefficient (Wildman–Crippen LogP) is 1.87. The van der Waals surface area contributed by atoms with Gasteiger partial charge in [-0.25, -0.2) is 0 Å². The lowest BCUT2D eigenvalue weighted by molar-refractivity contribution is 0.162. The van der Waals surface area contributed by atoms with E-state index in [4.69, 9.17) is 33.0 Å². The maximum Gasteiger partial charge on any atom is 0.0810 e. The summed E-state index contributed by atoms with van der Waals surface area (Å²) in [6.07, 6.45) is -0.534. The lowest BCUT2D eigenvalue weighted by Gasteiger charge is -1.94. The van der Waals surface area contributed by atoms with Crippen LogP contribution in [0.2, 0.25) is 0 Å². The molecule has 0 aromatic heterocycles. The van der Waals surface area contributed by atoms with Crippen molar-refractivity contribution in [3.05, 3.63) is 0 Å². The quantitative estimate of drug-likeness (QED) is 0.706. The van der Waals surface area contributed by atoms with Crippen LogP contribution in [0, 0.1) is 0 Å². The van der Waals surface area contributed by atoms with Gasteiger partial charge in [-0.15, -0.1) is 23.2 Å². The van der Waals surface area contributed by atoms with Crippen LogP contribution in [0.1, 0.15) is 13.8 Å². The molecular weight excluding hydrogens is 187 g/mol. The molecule has 70 valence electrons. The van der Waals surface area contributed by atoms with Gasteiger partial charge in [0.1, 0.15) is 0 Å². The number of halogens is 2. The molecular formula is C7H16Cl2O2. The Balaban J connectivity index is 0. The SMILES string of the molecule is CCOCC.OC(CCl)CCl. The second-order valence-corrected chi connectivity index (χ2v) is 2.36. The Morgan fingerprint density at radius 3 is 1.55 bits per heavy atom. The Labute approximate surface area is 78.4 Å². The fraction of sp³-hybridized carbons (Fsp3) is 1.00. The van der Waals surface area contributed by atoms with Crippen LogP contribution < -0.4 is 0 Å². The zero-order chi connectivity index (χ0) is 9.11. The lowest BCUT2D eigenvalue weighted by atomic mass is 10.5. The third-order valence-corrected chi connectivity index (χ3v) is 1.48. The van der Waals surface area contributed by atoms with Gasteiger partial charge in [0.05, 0.1) is 6.10 Å². The summed E-state index contributed by atoms with van der Waals surface area (Å²) < 4.78 is 4.83. The summed E-state index contributed by atoms with van der Waals surface area (Å²) in [6.45, 7) is 5.67. The van der Waals surface area contributed by atoms with Crippen LogP contribution in [0.25, 0.3) is 0 Å². The van der Waals surface area contributed by atoms with Gasteiger partial charge in [-0.05, 0) is 13.8 Å². The van der Waals surface area contributed by atoms with Crippen LogP contribution >= 0.6 is 23.2 Å². The van der Waals surface area contributed by atoms with Crippen LogP contribution in [0.5, 0.6) is 0 Å². The maximum absolute atomic E-state index is 8.40. The van der Waals surface area contributed by atoms with E-state index in [1.165, 1.54) is 0 Å². The normalized spacial score (nSPS) is 9.27. The Hall–Kier alpha value is 0.500. The number of aliphatic hydroxyl groups excluding tert-OH is 1. The van der Waals surface area contributed by atoms with E-state index in [2.05, 4.69) is 0 Å². The molecule has 0 aromatic carbocycles. The lowest BCUT2D eigenvalue weighted by Crippen LogP contribution is -2.08. The molecule has 0 aliphatic rings. The van der Waals surface area contributed by atoms with Crippen LogP contribution in [-0.2, 0) is 4.74 Å². The summed E-state index contributed by atoms with van der Waals surface area (Å²) in [5.41, 5.74) is 0. The van der Waals surface area contributed by atoms with E-state index in [1.807, 2.05) is 13.8 Å². The molecule has 2 nitrogen and oxygen atoms in total. The third-order valence-electron chi connectivity index (χ3n) is 0.764. The molecule has 1 N–H and O–H groups in total. The highest BCUT2D eigenvalue weighted by Gasteiger charge is 1.94. The predicted molar refractivity (Wildman–Crippen MR) is 49.6 cm³/mol. The molecule has 0 heterocycles. The first-order chi connectivity index (χ1) is 5.22. The maximum atomic E-state index is 8.40. The first-order valence-electron chi connectivity index (χ1n) is 3.60. The number of hydrogen-bond acceptors (Lipinski definition) is 2. The second-order valence-electron chi connectivity index (χ2n) is 1.74. The Morgan fingerprint density at radius 1 is 1.18 bits per heavy atom. The van der Waals surface area contributed by atoms with E-state index in [0.29, 0.717) is 0 Å². The zero-order valence-corrected chi connectivity index (χ0v) is 8.53. The van der Waals surface area contributed by atoms with Crippen molar-refractivity contribution in [1.82, 2.24) is 0 Å². The molecule has 0 bridgehead atoms. The fourth-order valence-electron chi connectivity index (χ4n) is 0.245. The van der Waals surface area contributed by atoms with Crippen molar-refractivity contribution < 1.29 is 9.84 Å². The highest BCUT2D eigenvalue weighted by atomic mass is 35.5. The van der Waals surface area contributed by atoms with Gasteiger partial charge < -0.3 is 9.84 Å². The number of alkyl halides is 2. The number of aliphatic hydroxyl groups is 1. The van der Waals surface area contributed by atoms with Crippen LogP contribution in [0.15, 0.2) is 0 Å². The van der Waals surface area contributed by atoms with E-state index in [1.54, 1.807) is 0 Å². The monoisotopic (exact) mass is 202 g/mol. The molecule has 0 saturated carbocycles. The summed E-state index contributed by atoms with van der Waals surface area (Å²) >= 11 is 10.2. The van der Waals surface area contributed by atoms with Gasteiger partial charge in [0.2, 0.25) is 0 Å². The van der Waals surface area contributed by atoms with Gasteiger partial charge in [-0.2, -0.15) is 0 Å². The van der Waals surface area contributed by atoms with E-state index in [9.17, 15) is 0 Å². The number of hydrogen-bond donors (Lipinski definition) is 1. The minimum absolute atomic E-state index is 0.226. The van der Waals surface area contributed by atoms with Crippen LogP contribution in [0.3, 0.4) is 0 Å². The van der Waals surface area contributed by atoms with Gasteiger partial charge in [0, 0.05) is 25.0 Å². The molecule has 0 fully saturated rings. The minimum atomic E-state index is -0.534. The summed E-state index contributed by atoms with van der Waals surface area (Å²) in [7, 11) is 0. The average Bonchev–Trinajstić information content (AvgIpc) is 2.06.